The average Bonchev–Trinajstić information content (AvgIpc) is 2.80. The lowest BCUT2D eigenvalue weighted by molar-refractivity contribution is 0.402. The van der Waals surface area contributed by atoms with E-state index in [1.54, 1.807) is 18.5 Å². The van der Waals surface area contributed by atoms with Crippen molar-refractivity contribution >= 4 is 10.0 Å². The largest absolute Gasteiger partial charge is 0.447 e. The Balaban J connectivity index is 1.89. The summed E-state index contributed by atoms with van der Waals surface area (Å²) in [4.78, 5) is 8.30. The zero-order valence-electron chi connectivity index (χ0n) is 10.3. The second kappa shape index (κ2) is 5.47. The molecule has 2 aromatic rings. The maximum atomic E-state index is 11.0. The summed E-state index contributed by atoms with van der Waals surface area (Å²) in [6.45, 7) is 2.76. The molecule has 102 valence electrons. The van der Waals surface area contributed by atoms with Crippen molar-refractivity contribution in [2.75, 3.05) is 0 Å². The summed E-state index contributed by atoms with van der Waals surface area (Å²) in [5.41, 5.74) is 1.65. The Hall–Kier alpha value is -1.77. The monoisotopic (exact) mass is 282 g/mol. The molecule has 0 fully saturated rings. The lowest BCUT2D eigenvalue weighted by atomic mass is 10.4. The maximum absolute atomic E-state index is 11.0. The highest BCUT2D eigenvalue weighted by Crippen LogP contribution is 2.11. The van der Waals surface area contributed by atoms with Gasteiger partial charge >= 0.3 is 0 Å². The molecule has 0 radical (unpaired) electrons. The summed E-state index contributed by atoms with van der Waals surface area (Å²) in [6, 6.07) is 2.89. The van der Waals surface area contributed by atoms with E-state index >= 15 is 0 Å². The van der Waals surface area contributed by atoms with Crippen LogP contribution in [0.1, 0.15) is 17.1 Å². The summed E-state index contributed by atoms with van der Waals surface area (Å²) >= 11 is 0. The molecule has 0 bridgehead atoms. The highest BCUT2D eigenvalue weighted by Gasteiger charge is 2.12. The van der Waals surface area contributed by atoms with E-state index in [0.717, 1.165) is 11.4 Å². The molecule has 0 aliphatic heterocycles. The fourth-order valence-corrected chi connectivity index (χ4v) is 1.91. The Morgan fingerprint density at radius 3 is 2.63 bits per heavy atom. The van der Waals surface area contributed by atoms with E-state index in [4.69, 9.17) is 9.56 Å². The number of aromatic nitrogens is 2. The van der Waals surface area contributed by atoms with Gasteiger partial charge in [0.2, 0.25) is 5.09 Å². The molecule has 0 saturated carbocycles. The van der Waals surface area contributed by atoms with Gasteiger partial charge in [-0.05, 0) is 19.1 Å². The molecule has 0 unspecified atom stereocenters. The number of nitrogens with zero attached hydrogens (tertiary/aromatic N) is 2. The zero-order chi connectivity index (χ0) is 13.9. The Morgan fingerprint density at radius 1 is 1.26 bits per heavy atom. The van der Waals surface area contributed by atoms with Crippen LogP contribution in [-0.2, 0) is 23.1 Å². The fraction of sp³-hybridized carbons (Fsp3) is 0.273. The predicted molar refractivity (Wildman–Crippen MR) is 67.4 cm³/mol. The smallest absolute Gasteiger partial charge is 0.271 e. The van der Waals surface area contributed by atoms with E-state index in [0.29, 0.717) is 18.8 Å². The van der Waals surface area contributed by atoms with Crippen LogP contribution in [0.15, 0.2) is 34.0 Å². The van der Waals surface area contributed by atoms with Crippen molar-refractivity contribution in [3.63, 3.8) is 0 Å². The lowest BCUT2D eigenvalue weighted by Crippen LogP contribution is -2.14. The van der Waals surface area contributed by atoms with Gasteiger partial charge in [-0.2, -0.15) is 0 Å². The van der Waals surface area contributed by atoms with Gasteiger partial charge in [0.05, 0.1) is 17.9 Å². The molecule has 3 N–H and O–H groups in total. The second-order valence-corrected chi connectivity index (χ2v) is 5.51. The first kappa shape index (κ1) is 13.7. The molecule has 0 saturated heterocycles. The Bertz CT molecular complexity index is 649. The Kier molecular flexibility index (Phi) is 3.93. The number of nitrogens with one attached hydrogen (secondary N) is 1. The standard InChI is InChI=1S/C11H14N4O3S/c1-8-4-15-9(6-14-8)5-13-7-10-2-3-11(18-10)19(12,16)17/h2-4,6,13H,5,7H2,1H3,(H2,12,16,17). The van der Waals surface area contributed by atoms with Gasteiger partial charge in [0.1, 0.15) is 5.76 Å². The molecule has 8 heteroatoms. The van der Waals surface area contributed by atoms with Gasteiger partial charge in [0.25, 0.3) is 10.0 Å². The van der Waals surface area contributed by atoms with Crippen LogP contribution in [-0.4, -0.2) is 18.4 Å². The van der Waals surface area contributed by atoms with Gasteiger partial charge in [-0.15, -0.1) is 0 Å². The SMILES string of the molecule is Cc1cnc(CNCc2ccc(S(N)(=O)=O)o2)cn1. The first-order chi connectivity index (χ1) is 8.95. The highest BCUT2D eigenvalue weighted by molar-refractivity contribution is 7.89. The third kappa shape index (κ3) is 3.85. The first-order valence-corrected chi connectivity index (χ1v) is 7.09. The van der Waals surface area contributed by atoms with Gasteiger partial charge in [0.15, 0.2) is 0 Å². The predicted octanol–water partition coefficient (Wildman–Crippen LogP) is 0.315. The van der Waals surface area contributed by atoms with Crippen LogP contribution in [0.2, 0.25) is 0 Å². The molecule has 0 aliphatic rings. The van der Waals surface area contributed by atoms with Crippen LogP contribution in [0.25, 0.3) is 0 Å². The van der Waals surface area contributed by atoms with Gasteiger partial charge in [-0.1, -0.05) is 0 Å². The molecule has 19 heavy (non-hydrogen) atoms. The van der Waals surface area contributed by atoms with Crippen LogP contribution < -0.4 is 10.5 Å². The van der Waals surface area contributed by atoms with Crippen LogP contribution in [0.5, 0.6) is 0 Å². The van der Waals surface area contributed by atoms with Crippen molar-refractivity contribution in [1.82, 2.24) is 15.3 Å². The second-order valence-electron chi connectivity index (χ2n) is 4.02. The van der Waals surface area contributed by atoms with E-state index in [1.807, 2.05) is 6.92 Å². The Morgan fingerprint density at radius 2 is 2.05 bits per heavy atom. The Labute approximate surface area is 110 Å². The van der Waals surface area contributed by atoms with Crippen molar-refractivity contribution in [2.45, 2.75) is 25.1 Å². The van der Waals surface area contributed by atoms with Crippen LogP contribution in [0.4, 0.5) is 0 Å². The van der Waals surface area contributed by atoms with Crippen molar-refractivity contribution in [2.24, 2.45) is 5.14 Å². The van der Waals surface area contributed by atoms with Gasteiger partial charge in [-0.25, -0.2) is 13.6 Å². The number of primary sulfonamides is 1. The summed E-state index contributed by atoms with van der Waals surface area (Å²) in [5, 5.41) is 7.78. The topological polar surface area (TPSA) is 111 Å². The fourth-order valence-electron chi connectivity index (χ4n) is 1.43. The molecule has 7 nitrogen and oxygen atoms in total. The minimum atomic E-state index is -3.78. The molecule has 2 heterocycles. The lowest BCUT2D eigenvalue weighted by Gasteiger charge is -2.02. The summed E-state index contributed by atoms with van der Waals surface area (Å²) in [6.07, 6.45) is 3.36. The van der Waals surface area contributed by atoms with Crippen molar-refractivity contribution in [1.29, 1.82) is 0 Å². The number of furan rings is 1. The molecule has 0 aliphatic carbocycles. The summed E-state index contributed by atoms with van der Waals surface area (Å²) in [5.74, 6) is 0.490. The van der Waals surface area contributed by atoms with E-state index in [1.165, 1.54) is 6.07 Å². The third-order valence-electron chi connectivity index (χ3n) is 2.36. The quantitative estimate of drug-likeness (QED) is 0.816. The molecule has 0 aromatic carbocycles. The molecular weight excluding hydrogens is 268 g/mol. The summed E-state index contributed by atoms with van der Waals surface area (Å²) in [7, 11) is -3.78. The molecule has 0 spiro atoms. The zero-order valence-corrected chi connectivity index (χ0v) is 11.1. The number of hydrogen-bond acceptors (Lipinski definition) is 6. The number of rotatable bonds is 5. The minimum absolute atomic E-state index is 0.237. The van der Waals surface area contributed by atoms with Gasteiger partial charge in [-0.3, -0.25) is 9.97 Å². The first-order valence-electron chi connectivity index (χ1n) is 5.55. The number of nitrogens with two attached hydrogens (primary N) is 1. The molecule has 2 aromatic heterocycles. The third-order valence-corrected chi connectivity index (χ3v) is 3.14. The van der Waals surface area contributed by atoms with E-state index in [-0.39, 0.29) is 5.09 Å². The highest BCUT2D eigenvalue weighted by atomic mass is 32.2. The number of sulfonamides is 1. The normalized spacial score (nSPS) is 11.7. The molecule has 0 amide bonds. The maximum Gasteiger partial charge on any atom is 0.271 e. The van der Waals surface area contributed by atoms with Crippen LogP contribution in [0.3, 0.4) is 0 Å². The van der Waals surface area contributed by atoms with E-state index in [9.17, 15) is 8.42 Å². The molecule has 0 atom stereocenters. The van der Waals surface area contributed by atoms with Crippen molar-refractivity contribution < 1.29 is 12.8 Å². The van der Waals surface area contributed by atoms with E-state index in [2.05, 4.69) is 15.3 Å². The number of aryl methyl sites for hydroxylation is 1. The van der Waals surface area contributed by atoms with Crippen molar-refractivity contribution in [3.8, 4) is 0 Å². The van der Waals surface area contributed by atoms with Crippen molar-refractivity contribution in [3.05, 3.63) is 41.7 Å². The summed E-state index contributed by atoms with van der Waals surface area (Å²) < 4.78 is 27.1. The average molecular weight is 282 g/mol. The van der Waals surface area contributed by atoms with Crippen LogP contribution >= 0.6 is 0 Å². The van der Waals surface area contributed by atoms with Gasteiger partial charge < -0.3 is 9.73 Å². The van der Waals surface area contributed by atoms with E-state index < -0.39 is 10.0 Å². The molecule has 2 rings (SSSR count). The minimum Gasteiger partial charge on any atom is -0.447 e. The van der Waals surface area contributed by atoms with Gasteiger partial charge in [0, 0.05) is 18.9 Å². The molecular formula is C11H14N4O3S. The number of hydrogen-bond donors (Lipinski definition) is 2. The van der Waals surface area contributed by atoms with Crippen LogP contribution in [0, 0.1) is 6.92 Å².